The van der Waals surface area contributed by atoms with Crippen molar-refractivity contribution in [1.82, 2.24) is 0 Å². The first kappa shape index (κ1) is 11.7. The van der Waals surface area contributed by atoms with Crippen LogP contribution in [0.5, 0.6) is 23.0 Å². The smallest absolute Gasteiger partial charge is 0.119 e. The predicted molar refractivity (Wildman–Crippen MR) is 59.5 cm³/mol. The summed E-state index contributed by atoms with van der Waals surface area (Å²) in [6.45, 7) is 0. The summed E-state index contributed by atoms with van der Waals surface area (Å²) < 4.78 is 0. The van der Waals surface area contributed by atoms with E-state index in [1.165, 1.54) is 36.4 Å². The number of aromatic hydroxyl groups is 4. The van der Waals surface area contributed by atoms with Crippen LogP contribution in [0.2, 0.25) is 0 Å². The Kier molecular flexibility index (Phi) is 4.03. The van der Waals surface area contributed by atoms with E-state index in [1.54, 1.807) is 12.1 Å². The van der Waals surface area contributed by atoms with Gasteiger partial charge in [0.15, 0.2) is 0 Å². The second kappa shape index (κ2) is 5.50. The van der Waals surface area contributed by atoms with Crippen LogP contribution in [-0.2, 0) is 0 Å². The number of hydrogen-bond acceptors (Lipinski definition) is 4. The van der Waals surface area contributed by atoms with Gasteiger partial charge in [0.1, 0.15) is 23.0 Å². The second-order valence-corrected chi connectivity index (χ2v) is 3.04. The van der Waals surface area contributed by atoms with Crippen LogP contribution in [-0.4, -0.2) is 20.4 Å². The molecule has 0 aliphatic rings. The lowest BCUT2D eigenvalue weighted by atomic mass is 10.3. The summed E-state index contributed by atoms with van der Waals surface area (Å²) in [5.74, 6) is 0.352. The first-order valence-corrected chi connectivity index (χ1v) is 4.54. The number of phenolic OH excluding ortho intramolecular Hbond substituents is 4. The van der Waals surface area contributed by atoms with Crippen molar-refractivity contribution in [1.29, 1.82) is 0 Å². The highest BCUT2D eigenvalue weighted by molar-refractivity contribution is 5.30. The largest absolute Gasteiger partial charge is 0.508 e. The van der Waals surface area contributed by atoms with Crippen molar-refractivity contribution in [2.45, 2.75) is 0 Å². The molecule has 2 rings (SSSR count). The van der Waals surface area contributed by atoms with Gasteiger partial charge in [0.2, 0.25) is 0 Å². The lowest BCUT2D eigenvalue weighted by molar-refractivity contribution is 0.449. The fourth-order valence-electron chi connectivity index (χ4n) is 0.986. The second-order valence-electron chi connectivity index (χ2n) is 3.04. The fraction of sp³-hybridized carbons (Fsp3) is 0. The summed E-state index contributed by atoms with van der Waals surface area (Å²) in [7, 11) is 0. The van der Waals surface area contributed by atoms with Gasteiger partial charge < -0.3 is 20.4 Å². The highest BCUT2D eigenvalue weighted by Gasteiger charge is 1.86. The number of hydrogen-bond donors (Lipinski definition) is 4. The molecule has 0 fully saturated rings. The molecule has 2 aromatic carbocycles. The van der Waals surface area contributed by atoms with E-state index in [-0.39, 0.29) is 23.0 Å². The maximum atomic E-state index is 8.65. The van der Waals surface area contributed by atoms with Crippen molar-refractivity contribution in [3.63, 3.8) is 0 Å². The third-order valence-electron chi connectivity index (χ3n) is 1.66. The number of rotatable bonds is 0. The van der Waals surface area contributed by atoms with E-state index in [0.29, 0.717) is 0 Å². The van der Waals surface area contributed by atoms with Gasteiger partial charge in [-0.15, -0.1) is 0 Å². The van der Waals surface area contributed by atoms with E-state index in [4.69, 9.17) is 20.4 Å². The molecule has 0 saturated carbocycles. The van der Waals surface area contributed by atoms with Gasteiger partial charge in [0.25, 0.3) is 0 Å². The van der Waals surface area contributed by atoms with Crippen LogP contribution in [0.4, 0.5) is 0 Å². The molecule has 0 unspecified atom stereocenters. The summed E-state index contributed by atoms with van der Waals surface area (Å²) in [6.07, 6.45) is 0. The molecule has 0 aliphatic carbocycles. The Bertz CT molecular complexity index is 376. The van der Waals surface area contributed by atoms with Gasteiger partial charge >= 0.3 is 0 Å². The normalized spacial score (nSPS) is 9.00. The van der Waals surface area contributed by atoms with Crippen molar-refractivity contribution in [2.75, 3.05) is 0 Å². The van der Waals surface area contributed by atoms with Crippen LogP contribution >= 0.6 is 0 Å². The van der Waals surface area contributed by atoms with Crippen LogP contribution in [0.3, 0.4) is 0 Å². The van der Waals surface area contributed by atoms with Crippen LogP contribution in [0, 0.1) is 0 Å². The van der Waals surface area contributed by atoms with E-state index >= 15 is 0 Å². The van der Waals surface area contributed by atoms with E-state index in [0.717, 1.165) is 0 Å². The Morgan fingerprint density at radius 1 is 0.500 bits per heavy atom. The molecule has 0 atom stereocenters. The lowest BCUT2D eigenvalue weighted by Crippen LogP contribution is -1.61. The SMILES string of the molecule is Oc1cccc(O)c1.Oc1cccc(O)c1. The van der Waals surface area contributed by atoms with Gasteiger partial charge in [-0.25, -0.2) is 0 Å². The molecular weight excluding hydrogens is 208 g/mol. The molecule has 4 heteroatoms. The molecule has 0 bridgehead atoms. The molecule has 0 saturated heterocycles. The van der Waals surface area contributed by atoms with Crippen LogP contribution in [0.25, 0.3) is 0 Å². The Morgan fingerprint density at radius 2 is 0.750 bits per heavy atom. The standard InChI is InChI=1S/2C6H6O2/c2*7-5-2-1-3-6(8)4-5/h2*1-4,7-8H. The van der Waals surface area contributed by atoms with Crippen molar-refractivity contribution in [3.8, 4) is 23.0 Å². The van der Waals surface area contributed by atoms with Crippen molar-refractivity contribution >= 4 is 0 Å². The summed E-state index contributed by atoms with van der Waals surface area (Å²) in [5.41, 5.74) is 0. The average Bonchev–Trinajstić information content (AvgIpc) is 2.17. The number of benzene rings is 2. The van der Waals surface area contributed by atoms with Crippen LogP contribution in [0.15, 0.2) is 48.5 Å². The van der Waals surface area contributed by atoms with Crippen LogP contribution < -0.4 is 0 Å². The molecule has 0 spiro atoms. The Hall–Kier alpha value is -2.36. The maximum Gasteiger partial charge on any atom is 0.119 e. The molecule has 0 radical (unpaired) electrons. The van der Waals surface area contributed by atoms with Crippen LogP contribution in [0.1, 0.15) is 0 Å². The predicted octanol–water partition coefficient (Wildman–Crippen LogP) is 2.20. The summed E-state index contributed by atoms with van der Waals surface area (Å²) >= 11 is 0. The van der Waals surface area contributed by atoms with Crippen molar-refractivity contribution in [3.05, 3.63) is 48.5 Å². The minimum absolute atomic E-state index is 0.0880. The van der Waals surface area contributed by atoms with Crippen molar-refractivity contribution in [2.24, 2.45) is 0 Å². The molecular formula is C12H12O4. The van der Waals surface area contributed by atoms with Gasteiger partial charge in [-0.05, 0) is 24.3 Å². The monoisotopic (exact) mass is 220 g/mol. The van der Waals surface area contributed by atoms with E-state index in [1.807, 2.05) is 0 Å². The molecule has 0 amide bonds. The van der Waals surface area contributed by atoms with E-state index in [9.17, 15) is 0 Å². The first-order chi connectivity index (χ1) is 7.58. The van der Waals surface area contributed by atoms with Gasteiger partial charge in [-0.3, -0.25) is 0 Å². The Morgan fingerprint density at radius 3 is 0.875 bits per heavy atom. The maximum absolute atomic E-state index is 8.65. The molecule has 4 N–H and O–H groups in total. The molecule has 2 aromatic rings. The summed E-state index contributed by atoms with van der Waals surface area (Å²) in [6, 6.07) is 11.7. The summed E-state index contributed by atoms with van der Waals surface area (Å²) in [4.78, 5) is 0. The minimum atomic E-state index is 0.0880. The minimum Gasteiger partial charge on any atom is -0.508 e. The zero-order valence-electron chi connectivity index (χ0n) is 8.41. The highest BCUT2D eigenvalue weighted by atomic mass is 16.3. The third-order valence-corrected chi connectivity index (χ3v) is 1.66. The third kappa shape index (κ3) is 4.23. The zero-order valence-corrected chi connectivity index (χ0v) is 8.41. The molecule has 16 heavy (non-hydrogen) atoms. The molecule has 0 heterocycles. The van der Waals surface area contributed by atoms with Gasteiger partial charge in [-0.1, -0.05) is 12.1 Å². The van der Waals surface area contributed by atoms with E-state index in [2.05, 4.69) is 0 Å². The highest BCUT2D eigenvalue weighted by Crippen LogP contribution is 2.15. The topological polar surface area (TPSA) is 80.9 Å². The number of phenols is 4. The molecule has 0 aromatic heterocycles. The van der Waals surface area contributed by atoms with Crippen molar-refractivity contribution < 1.29 is 20.4 Å². The van der Waals surface area contributed by atoms with Gasteiger partial charge in [0.05, 0.1) is 0 Å². The first-order valence-electron chi connectivity index (χ1n) is 4.54. The summed E-state index contributed by atoms with van der Waals surface area (Å²) in [5, 5.41) is 34.6. The Balaban J connectivity index is 0.000000160. The van der Waals surface area contributed by atoms with E-state index < -0.39 is 0 Å². The Labute approximate surface area is 92.7 Å². The average molecular weight is 220 g/mol. The van der Waals surface area contributed by atoms with Gasteiger partial charge in [0, 0.05) is 12.1 Å². The quantitative estimate of drug-likeness (QED) is 0.548. The molecule has 84 valence electrons. The zero-order chi connectivity index (χ0) is 12.0. The lowest BCUT2D eigenvalue weighted by Gasteiger charge is -1.89. The van der Waals surface area contributed by atoms with Gasteiger partial charge in [-0.2, -0.15) is 0 Å². The molecule has 0 aliphatic heterocycles. The molecule has 4 nitrogen and oxygen atoms in total. The fourth-order valence-corrected chi connectivity index (χ4v) is 0.986.